The molecule has 216 valence electrons. The standard InChI is InChI=1S/2C16H20O4/c2*1-4-9-14(16(18)19-5-2)12(3)20-15(17)13-10-7-6-8-11-13/h2*4,6-8,10-12,14H,1,5,9H2,2-3H3. The maximum Gasteiger partial charge on any atom is 0.338 e. The number of carbonyl (C=O) groups is 4. The molecule has 0 aromatic heterocycles. The van der Waals surface area contributed by atoms with Crippen LogP contribution in [0.25, 0.3) is 0 Å². The number of hydrogen-bond donors (Lipinski definition) is 0. The smallest absolute Gasteiger partial charge is 0.338 e. The predicted molar refractivity (Wildman–Crippen MR) is 153 cm³/mol. The Labute approximate surface area is 237 Å². The molecule has 0 fully saturated rings. The topological polar surface area (TPSA) is 105 Å². The quantitative estimate of drug-likeness (QED) is 0.160. The van der Waals surface area contributed by atoms with E-state index in [0.29, 0.717) is 37.2 Å². The van der Waals surface area contributed by atoms with Gasteiger partial charge in [0.1, 0.15) is 12.2 Å². The van der Waals surface area contributed by atoms with E-state index in [0.717, 1.165) is 0 Å². The fraction of sp³-hybridized carbons (Fsp3) is 0.375. The van der Waals surface area contributed by atoms with Crippen LogP contribution in [0.3, 0.4) is 0 Å². The molecule has 0 spiro atoms. The van der Waals surface area contributed by atoms with Gasteiger partial charge in [-0.05, 0) is 64.8 Å². The molecule has 0 bridgehead atoms. The SMILES string of the molecule is C=CCC(C(=O)OCC)C(C)OC(=O)c1ccccc1.C=CCC(C(=O)OCC)C(C)OC(=O)c1ccccc1. The summed E-state index contributed by atoms with van der Waals surface area (Å²) in [4.78, 5) is 47.6. The molecule has 2 aromatic rings. The molecule has 0 aliphatic carbocycles. The van der Waals surface area contributed by atoms with Gasteiger partial charge >= 0.3 is 23.9 Å². The molecule has 0 saturated heterocycles. The van der Waals surface area contributed by atoms with E-state index in [2.05, 4.69) is 13.2 Å². The molecule has 0 radical (unpaired) electrons. The minimum Gasteiger partial charge on any atom is -0.466 e. The second kappa shape index (κ2) is 19.0. The van der Waals surface area contributed by atoms with E-state index in [1.165, 1.54) is 0 Å². The first-order valence-electron chi connectivity index (χ1n) is 13.3. The number of ether oxygens (including phenoxy) is 4. The number of hydrogen-bond acceptors (Lipinski definition) is 8. The number of rotatable bonds is 14. The summed E-state index contributed by atoms with van der Waals surface area (Å²) in [6.45, 7) is 14.7. The molecule has 0 amide bonds. The van der Waals surface area contributed by atoms with Crippen LogP contribution >= 0.6 is 0 Å². The fourth-order valence-corrected chi connectivity index (χ4v) is 3.60. The number of allylic oxidation sites excluding steroid dienone is 2. The zero-order valence-electron chi connectivity index (χ0n) is 23.7. The Morgan fingerprint density at radius 1 is 0.650 bits per heavy atom. The predicted octanol–water partition coefficient (Wildman–Crippen LogP) is 5.97. The van der Waals surface area contributed by atoms with Crippen LogP contribution in [0.15, 0.2) is 86.0 Å². The maximum absolute atomic E-state index is 11.9. The Hall–Kier alpha value is -4.20. The van der Waals surface area contributed by atoms with Crippen molar-refractivity contribution in [3.8, 4) is 0 Å². The lowest BCUT2D eigenvalue weighted by atomic mass is 10.00. The van der Waals surface area contributed by atoms with Crippen LogP contribution < -0.4 is 0 Å². The van der Waals surface area contributed by atoms with E-state index in [9.17, 15) is 19.2 Å². The highest BCUT2D eigenvalue weighted by Gasteiger charge is 2.29. The van der Waals surface area contributed by atoms with E-state index in [-0.39, 0.29) is 11.9 Å². The van der Waals surface area contributed by atoms with E-state index in [1.54, 1.807) is 88.4 Å². The van der Waals surface area contributed by atoms with Gasteiger partial charge in [-0.15, -0.1) is 13.2 Å². The van der Waals surface area contributed by atoms with Crippen molar-refractivity contribution in [1.82, 2.24) is 0 Å². The first-order chi connectivity index (χ1) is 19.2. The molecular weight excluding hydrogens is 512 g/mol. The zero-order chi connectivity index (χ0) is 29.9. The second-order valence-electron chi connectivity index (χ2n) is 8.72. The van der Waals surface area contributed by atoms with Gasteiger partial charge in [0.15, 0.2) is 0 Å². The summed E-state index contributed by atoms with van der Waals surface area (Å²) in [7, 11) is 0. The van der Waals surface area contributed by atoms with Crippen molar-refractivity contribution in [2.75, 3.05) is 13.2 Å². The summed E-state index contributed by atoms with van der Waals surface area (Å²) in [5.74, 6) is -2.70. The zero-order valence-corrected chi connectivity index (χ0v) is 23.7. The van der Waals surface area contributed by atoms with E-state index >= 15 is 0 Å². The van der Waals surface area contributed by atoms with Gasteiger partial charge < -0.3 is 18.9 Å². The highest BCUT2D eigenvalue weighted by Crippen LogP contribution is 2.18. The third-order valence-corrected chi connectivity index (χ3v) is 5.76. The van der Waals surface area contributed by atoms with Crippen LogP contribution in [0.5, 0.6) is 0 Å². The highest BCUT2D eigenvalue weighted by atomic mass is 16.6. The Balaban J connectivity index is 0.000000400. The molecule has 8 nitrogen and oxygen atoms in total. The lowest BCUT2D eigenvalue weighted by Crippen LogP contribution is -2.31. The molecular formula is C32H40O8. The first kappa shape index (κ1) is 33.8. The van der Waals surface area contributed by atoms with Gasteiger partial charge in [0.2, 0.25) is 0 Å². The van der Waals surface area contributed by atoms with Crippen molar-refractivity contribution in [3.05, 3.63) is 97.1 Å². The third-order valence-electron chi connectivity index (χ3n) is 5.76. The summed E-state index contributed by atoms with van der Waals surface area (Å²) >= 11 is 0. The van der Waals surface area contributed by atoms with Crippen molar-refractivity contribution in [3.63, 3.8) is 0 Å². The second-order valence-corrected chi connectivity index (χ2v) is 8.72. The number of carbonyl (C=O) groups excluding carboxylic acids is 4. The maximum atomic E-state index is 11.9. The molecule has 4 atom stereocenters. The lowest BCUT2D eigenvalue weighted by molar-refractivity contribution is -0.152. The molecule has 0 heterocycles. The van der Waals surface area contributed by atoms with Crippen LogP contribution in [0, 0.1) is 11.8 Å². The molecule has 40 heavy (non-hydrogen) atoms. The first-order valence-corrected chi connectivity index (χ1v) is 13.3. The van der Waals surface area contributed by atoms with Gasteiger partial charge in [-0.3, -0.25) is 9.59 Å². The summed E-state index contributed by atoms with van der Waals surface area (Å²) in [5, 5.41) is 0. The van der Waals surface area contributed by atoms with Gasteiger partial charge in [0, 0.05) is 0 Å². The van der Waals surface area contributed by atoms with Crippen molar-refractivity contribution >= 4 is 23.9 Å². The monoisotopic (exact) mass is 552 g/mol. The van der Waals surface area contributed by atoms with Crippen LogP contribution in [0.1, 0.15) is 61.3 Å². The largest absolute Gasteiger partial charge is 0.466 e. The highest BCUT2D eigenvalue weighted by molar-refractivity contribution is 5.90. The summed E-state index contributed by atoms with van der Waals surface area (Å²) in [6, 6.07) is 17.3. The summed E-state index contributed by atoms with van der Waals surface area (Å²) in [6.07, 6.45) is 2.91. The minimum atomic E-state index is -0.570. The van der Waals surface area contributed by atoms with Crippen molar-refractivity contribution in [2.45, 2.75) is 52.7 Å². The molecule has 0 aliphatic heterocycles. The average Bonchev–Trinajstić information content (AvgIpc) is 2.95. The van der Waals surface area contributed by atoms with Gasteiger partial charge in [0.05, 0.1) is 36.2 Å². The molecule has 2 aromatic carbocycles. The Morgan fingerprint density at radius 3 is 1.25 bits per heavy atom. The summed E-state index contributed by atoms with van der Waals surface area (Å²) in [5.41, 5.74) is 0.918. The van der Waals surface area contributed by atoms with Crippen LogP contribution in [-0.2, 0) is 28.5 Å². The van der Waals surface area contributed by atoms with Gasteiger partial charge in [0.25, 0.3) is 0 Å². The number of esters is 4. The molecule has 0 aliphatic rings. The summed E-state index contributed by atoms with van der Waals surface area (Å²) < 4.78 is 20.6. The third kappa shape index (κ3) is 11.7. The van der Waals surface area contributed by atoms with Crippen LogP contribution in [0.2, 0.25) is 0 Å². The fourth-order valence-electron chi connectivity index (χ4n) is 3.60. The van der Waals surface area contributed by atoms with Gasteiger partial charge in [-0.2, -0.15) is 0 Å². The Kier molecular flexibility index (Phi) is 16.0. The van der Waals surface area contributed by atoms with E-state index in [4.69, 9.17) is 18.9 Å². The van der Waals surface area contributed by atoms with Crippen molar-refractivity contribution in [2.24, 2.45) is 11.8 Å². The van der Waals surface area contributed by atoms with Crippen LogP contribution in [0.4, 0.5) is 0 Å². The average molecular weight is 553 g/mol. The number of benzene rings is 2. The Bertz CT molecular complexity index is 993. The molecule has 8 heteroatoms. The van der Waals surface area contributed by atoms with Gasteiger partial charge in [-0.25, -0.2) is 9.59 Å². The van der Waals surface area contributed by atoms with Crippen molar-refractivity contribution < 1.29 is 38.1 Å². The van der Waals surface area contributed by atoms with E-state index < -0.39 is 36.0 Å². The molecule has 0 N–H and O–H groups in total. The van der Waals surface area contributed by atoms with E-state index in [1.807, 2.05) is 12.1 Å². The lowest BCUT2D eigenvalue weighted by Gasteiger charge is -2.21. The molecule has 0 saturated carbocycles. The van der Waals surface area contributed by atoms with Gasteiger partial charge in [-0.1, -0.05) is 48.6 Å². The molecule has 2 rings (SSSR count). The van der Waals surface area contributed by atoms with Crippen LogP contribution in [-0.4, -0.2) is 49.3 Å². The van der Waals surface area contributed by atoms with Crippen molar-refractivity contribution in [1.29, 1.82) is 0 Å². The minimum absolute atomic E-state index is 0.297. The Morgan fingerprint density at radius 2 is 0.975 bits per heavy atom. The normalized spacial score (nSPS) is 13.1. The molecule has 4 unspecified atom stereocenters.